The van der Waals surface area contributed by atoms with Crippen molar-refractivity contribution in [1.29, 1.82) is 0 Å². The van der Waals surface area contributed by atoms with Crippen LogP contribution in [0.15, 0.2) is 35.0 Å². The number of nitrogens with zero attached hydrogens (tertiary/aromatic N) is 1. The fraction of sp³-hybridized carbons (Fsp3) is 0.100. The summed E-state index contributed by atoms with van der Waals surface area (Å²) in [5.41, 5.74) is 2.14. The Hall–Kier alpha value is -1.77. The van der Waals surface area contributed by atoms with Crippen LogP contribution in [0.4, 0.5) is 0 Å². The molecule has 1 aliphatic heterocycles. The van der Waals surface area contributed by atoms with Crippen molar-refractivity contribution < 1.29 is 5.11 Å². The van der Waals surface area contributed by atoms with Crippen LogP contribution in [-0.2, 0) is 0 Å². The van der Waals surface area contributed by atoms with Gasteiger partial charge in [-0.1, -0.05) is 12.1 Å². The molecule has 3 nitrogen and oxygen atoms in total. The fourth-order valence-electron chi connectivity index (χ4n) is 1.18. The Kier molecular flexibility index (Phi) is 2.00. The van der Waals surface area contributed by atoms with E-state index < -0.39 is 0 Å². The zero-order chi connectivity index (χ0) is 9.10. The largest absolute Gasteiger partial charge is 0.508 e. The summed E-state index contributed by atoms with van der Waals surface area (Å²) in [6.45, 7) is 0.709. The van der Waals surface area contributed by atoms with Crippen molar-refractivity contribution in [3.63, 3.8) is 0 Å². The molecule has 0 spiro atoms. The number of phenols is 1. The van der Waals surface area contributed by atoms with Crippen LogP contribution >= 0.6 is 0 Å². The number of phenolic OH excluding ortho intramolecular Hbond substituents is 1. The summed E-state index contributed by atoms with van der Waals surface area (Å²) in [5.74, 6) is 0.290. The average molecular weight is 174 g/mol. The molecule has 0 fully saturated rings. The Balaban J connectivity index is 2.18. The molecule has 66 valence electrons. The summed E-state index contributed by atoms with van der Waals surface area (Å²) in [4.78, 5) is 4.02. The van der Waals surface area contributed by atoms with Gasteiger partial charge in [0.25, 0.3) is 0 Å². The first-order valence-corrected chi connectivity index (χ1v) is 4.09. The van der Waals surface area contributed by atoms with Crippen molar-refractivity contribution in [2.45, 2.75) is 0 Å². The van der Waals surface area contributed by atoms with Gasteiger partial charge in [0.15, 0.2) is 0 Å². The van der Waals surface area contributed by atoms with Gasteiger partial charge in [-0.3, -0.25) is 4.99 Å². The highest BCUT2D eigenvalue weighted by Crippen LogP contribution is 2.12. The van der Waals surface area contributed by atoms with Gasteiger partial charge in [-0.25, -0.2) is 0 Å². The number of hydrogen-bond acceptors (Lipinski definition) is 3. The van der Waals surface area contributed by atoms with Crippen LogP contribution in [0.5, 0.6) is 5.75 Å². The molecule has 0 bridgehead atoms. The highest BCUT2D eigenvalue weighted by atomic mass is 16.3. The van der Waals surface area contributed by atoms with E-state index in [1.165, 1.54) is 0 Å². The smallest absolute Gasteiger partial charge is 0.115 e. The summed E-state index contributed by atoms with van der Waals surface area (Å²) >= 11 is 0. The SMILES string of the molecule is Oc1ccc(C=C2CN=CN2)cc1. The molecule has 0 aliphatic carbocycles. The third-order valence-electron chi connectivity index (χ3n) is 1.84. The Labute approximate surface area is 76.4 Å². The zero-order valence-corrected chi connectivity index (χ0v) is 7.07. The predicted octanol–water partition coefficient (Wildman–Crippen LogP) is 1.36. The molecular formula is C10H10N2O. The topological polar surface area (TPSA) is 44.6 Å². The molecule has 0 radical (unpaired) electrons. The second kappa shape index (κ2) is 3.31. The van der Waals surface area contributed by atoms with E-state index in [2.05, 4.69) is 10.3 Å². The highest BCUT2D eigenvalue weighted by Gasteiger charge is 1.99. The third-order valence-corrected chi connectivity index (χ3v) is 1.84. The number of rotatable bonds is 1. The van der Waals surface area contributed by atoms with Gasteiger partial charge < -0.3 is 10.4 Å². The molecule has 0 amide bonds. The molecule has 0 atom stereocenters. The molecule has 3 heteroatoms. The molecule has 0 saturated heterocycles. The van der Waals surface area contributed by atoms with Gasteiger partial charge in [-0.15, -0.1) is 0 Å². The van der Waals surface area contributed by atoms with E-state index >= 15 is 0 Å². The number of aliphatic imine (C=N–C) groups is 1. The summed E-state index contributed by atoms with van der Waals surface area (Å²) in [6, 6.07) is 7.06. The standard InChI is InChI=1S/C10H10N2O/c13-10-3-1-8(2-4-10)5-9-6-11-7-12-9/h1-5,7,13H,6H2,(H,11,12). The van der Waals surface area contributed by atoms with Gasteiger partial charge in [0.05, 0.1) is 12.9 Å². The molecular weight excluding hydrogens is 164 g/mol. The highest BCUT2D eigenvalue weighted by molar-refractivity contribution is 5.66. The van der Waals surface area contributed by atoms with Crippen molar-refractivity contribution in [2.75, 3.05) is 6.54 Å². The van der Waals surface area contributed by atoms with Gasteiger partial charge in [0.1, 0.15) is 5.75 Å². The summed E-state index contributed by atoms with van der Waals surface area (Å²) in [6.07, 6.45) is 3.69. The van der Waals surface area contributed by atoms with Crippen molar-refractivity contribution in [1.82, 2.24) is 5.32 Å². The number of nitrogens with one attached hydrogen (secondary N) is 1. The molecule has 1 heterocycles. The minimum Gasteiger partial charge on any atom is -0.508 e. The van der Waals surface area contributed by atoms with Crippen molar-refractivity contribution in [3.05, 3.63) is 35.5 Å². The lowest BCUT2D eigenvalue weighted by Gasteiger charge is -1.97. The van der Waals surface area contributed by atoms with Crippen molar-refractivity contribution >= 4 is 12.4 Å². The van der Waals surface area contributed by atoms with Crippen LogP contribution in [0.2, 0.25) is 0 Å². The lowest BCUT2D eigenvalue weighted by atomic mass is 10.2. The van der Waals surface area contributed by atoms with Crippen LogP contribution in [0.1, 0.15) is 5.56 Å². The lowest BCUT2D eigenvalue weighted by molar-refractivity contribution is 0.475. The van der Waals surface area contributed by atoms with Gasteiger partial charge in [0, 0.05) is 5.70 Å². The van der Waals surface area contributed by atoms with Gasteiger partial charge in [0.2, 0.25) is 0 Å². The van der Waals surface area contributed by atoms with Crippen LogP contribution in [-0.4, -0.2) is 18.0 Å². The maximum absolute atomic E-state index is 9.06. The van der Waals surface area contributed by atoms with Gasteiger partial charge in [-0.2, -0.15) is 0 Å². The van der Waals surface area contributed by atoms with E-state index in [0.29, 0.717) is 6.54 Å². The Morgan fingerprint density at radius 2 is 2.08 bits per heavy atom. The second-order valence-electron chi connectivity index (χ2n) is 2.88. The second-order valence-corrected chi connectivity index (χ2v) is 2.88. The number of hydrogen-bond donors (Lipinski definition) is 2. The number of aromatic hydroxyl groups is 1. The Morgan fingerprint density at radius 3 is 2.69 bits per heavy atom. The predicted molar refractivity (Wildman–Crippen MR) is 52.6 cm³/mol. The third kappa shape index (κ3) is 1.87. The monoisotopic (exact) mass is 174 g/mol. The molecule has 0 saturated carbocycles. The van der Waals surface area contributed by atoms with E-state index in [1.807, 2.05) is 18.2 Å². The molecule has 0 unspecified atom stereocenters. The summed E-state index contributed by atoms with van der Waals surface area (Å²) < 4.78 is 0. The van der Waals surface area contributed by atoms with Crippen molar-refractivity contribution in [2.24, 2.45) is 4.99 Å². The molecule has 1 aliphatic rings. The summed E-state index contributed by atoms with van der Waals surface area (Å²) in [7, 11) is 0. The van der Waals surface area contributed by atoms with E-state index in [4.69, 9.17) is 5.11 Å². The van der Waals surface area contributed by atoms with E-state index in [-0.39, 0.29) is 5.75 Å². The first-order chi connectivity index (χ1) is 6.34. The zero-order valence-electron chi connectivity index (χ0n) is 7.07. The van der Waals surface area contributed by atoms with Gasteiger partial charge in [-0.05, 0) is 23.8 Å². The maximum Gasteiger partial charge on any atom is 0.115 e. The molecule has 13 heavy (non-hydrogen) atoms. The van der Waals surface area contributed by atoms with Crippen LogP contribution in [0, 0.1) is 0 Å². The Morgan fingerprint density at radius 1 is 1.31 bits per heavy atom. The van der Waals surface area contributed by atoms with Crippen molar-refractivity contribution in [3.8, 4) is 5.75 Å². The lowest BCUT2D eigenvalue weighted by Crippen LogP contribution is -2.03. The van der Waals surface area contributed by atoms with E-state index in [9.17, 15) is 0 Å². The molecule has 1 aromatic carbocycles. The van der Waals surface area contributed by atoms with Crippen LogP contribution in [0.25, 0.3) is 6.08 Å². The maximum atomic E-state index is 9.06. The number of benzene rings is 1. The van der Waals surface area contributed by atoms with E-state index in [0.717, 1.165) is 11.3 Å². The molecule has 0 aromatic heterocycles. The van der Waals surface area contributed by atoms with Crippen LogP contribution in [0.3, 0.4) is 0 Å². The fourth-order valence-corrected chi connectivity index (χ4v) is 1.18. The van der Waals surface area contributed by atoms with E-state index in [1.54, 1.807) is 18.5 Å². The minimum absolute atomic E-state index is 0.290. The first kappa shape index (κ1) is 7.86. The first-order valence-electron chi connectivity index (χ1n) is 4.09. The quantitative estimate of drug-likeness (QED) is 0.675. The molecule has 2 rings (SSSR count). The normalized spacial score (nSPS) is 17.7. The minimum atomic E-state index is 0.290. The molecule has 1 aromatic rings. The van der Waals surface area contributed by atoms with Gasteiger partial charge >= 0.3 is 0 Å². The summed E-state index contributed by atoms with van der Waals surface area (Å²) in [5, 5.41) is 12.1. The molecule has 2 N–H and O–H groups in total. The Bertz CT molecular complexity index is 342. The average Bonchev–Trinajstić information content (AvgIpc) is 2.62. The van der Waals surface area contributed by atoms with Crippen LogP contribution < -0.4 is 5.32 Å².